The van der Waals surface area contributed by atoms with Crippen LogP contribution < -0.4 is 0 Å². The molecule has 3 nitrogen and oxygen atoms in total. The summed E-state index contributed by atoms with van der Waals surface area (Å²) in [4.78, 5) is 2.77. The van der Waals surface area contributed by atoms with Crippen molar-refractivity contribution in [3.05, 3.63) is 21.3 Å². The average Bonchev–Trinajstić information content (AvgIpc) is 2.86. The first-order chi connectivity index (χ1) is 8.47. The van der Waals surface area contributed by atoms with Gasteiger partial charge in [0.2, 0.25) is 0 Å². The lowest BCUT2D eigenvalue weighted by molar-refractivity contribution is 0.396. The predicted octanol–water partition coefficient (Wildman–Crippen LogP) is 3.91. The number of aryl methyl sites for hydroxylation is 2. The summed E-state index contributed by atoms with van der Waals surface area (Å²) in [6, 6.07) is 2.29. The molecule has 2 aromatic heterocycles. The Morgan fingerprint density at radius 3 is 2.83 bits per heavy atom. The van der Waals surface area contributed by atoms with Gasteiger partial charge in [-0.15, -0.1) is 11.3 Å². The summed E-state index contributed by atoms with van der Waals surface area (Å²) in [6.45, 7) is 6.47. The molecule has 2 aromatic rings. The predicted molar refractivity (Wildman–Crippen MR) is 77.7 cm³/mol. The number of thiophene rings is 1. The minimum atomic E-state index is -0.0478. The van der Waals surface area contributed by atoms with Gasteiger partial charge in [-0.2, -0.15) is 5.10 Å². The maximum absolute atomic E-state index is 5.35. The van der Waals surface area contributed by atoms with Gasteiger partial charge in [-0.3, -0.25) is 9.67 Å². The molecule has 3 rings (SSSR count). The van der Waals surface area contributed by atoms with Gasteiger partial charge < -0.3 is 0 Å². The van der Waals surface area contributed by atoms with Gasteiger partial charge in [0, 0.05) is 10.4 Å². The van der Waals surface area contributed by atoms with Crippen molar-refractivity contribution in [2.24, 2.45) is 0 Å². The summed E-state index contributed by atoms with van der Waals surface area (Å²) >= 11 is 7.22. The number of rotatable bonds is 1. The van der Waals surface area contributed by atoms with Crippen LogP contribution in [0.15, 0.2) is 6.07 Å². The molecule has 96 valence electrons. The molecule has 0 fully saturated rings. The molecule has 0 radical (unpaired) electrons. The van der Waals surface area contributed by atoms with Gasteiger partial charge in [0.1, 0.15) is 0 Å². The van der Waals surface area contributed by atoms with E-state index in [2.05, 4.69) is 41.6 Å². The molecule has 2 heterocycles. The molecule has 0 unspecified atom stereocenters. The minimum Gasteiger partial charge on any atom is -0.294 e. The molecule has 0 saturated heterocycles. The van der Waals surface area contributed by atoms with Crippen molar-refractivity contribution >= 4 is 23.6 Å². The summed E-state index contributed by atoms with van der Waals surface area (Å²) in [5, 5.41) is 7.35. The first-order valence-electron chi connectivity index (χ1n) is 6.26. The van der Waals surface area contributed by atoms with Crippen molar-refractivity contribution in [2.75, 3.05) is 0 Å². The highest BCUT2D eigenvalue weighted by molar-refractivity contribution is 7.71. The van der Waals surface area contributed by atoms with E-state index in [1.54, 1.807) is 0 Å². The highest BCUT2D eigenvalue weighted by atomic mass is 32.1. The second-order valence-corrected chi connectivity index (χ2v) is 7.29. The largest absolute Gasteiger partial charge is 0.294 e. The van der Waals surface area contributed by atoms with E-state index < -0.39 is 0 Å². The molecule has 0 aromatic carbocycles. The van der Waals surface area contributed by atoms with E-state index in [4.69, 9.17) is 12.2 Å². The quantitative estimate of drug-likeness (QED) is 0.803. The lowest BCUT2D eigenvalue weighted by Crippen LogP contribution is -2.22. The van der Waals surface area contributed by atoms with E-state index in [9.17, 15) is 0 Å². The lowest BCUT2D eigenvalue weighted by Gasteiger charge is -2.22. The first kappa shape index (κ1) is 12.1. The Hall–Kier alpha value is -0.940. The number of hydrogen-bond donors (Lipinski definition) is 1. The number of hydrogen-bond acceptors (Lipinski definition) is 3. The summed E-state index contributed by atoms with van der Waals surface area (Å²) in [5.41, 5.74) is 1.46. The van der Waals surface area contributed by atoms with E-state index in [0.29, 0.717) is 4.77 Å². The van der Waals surface area contributed by atoms with Crippen LogP contribution in [0.3, 0.4) is 0 Å². The second kappa shape index (κ2) is 4.03. The molecule has 0 amide bonds. The van der Waals surface area contributed by atoms with E-state index in [1.807, 2.05) is 11.3 Å². The lowest BCUT2D eigenvalue weighted by atomic mass is 10.1. The van der Waals surface area contributed by atoms with Crippen LogP contribution in [0.1, 0.15) is 37.6 Å². The zero-order chi connectivity index (χ0) is 12.9. The van der Waals surface area contributed by atoms with Crippen molar-refractivity contribution in [1.29, 1.82) is 0 Å². The van der Waals surface area contributed by atoms with Crippen molar-refractivity contribution in [1.82, 2.24) is 14.8 Å². The van der Waals surface area contributed by atoms with Crippen molar-refractivity contribution in [3.8, 4) is 10.7 Å². The van der Waals surface area contributed by atoms with Gasteiger partial charge in [-0.05, 0) is 63.9 Å². The van der Waals surface area contributed by atoms with Gasteiger partial charge in [0.25, 0.3) is 0 Å². The Labute approximate surface area is 116 Å². The molecular formula is C13H17N3S2. The van der Waals surface area contributed by atoms with Crippen LogP contribution in [0.4, 0.5) is 0 Å². The number of nitrogens with one attached hydrogen (secondary N) is 1. The topological polar surface area (TPSA) is 33.6 Å². The molecule has 0 spiro atoms. The van der Waals surface area contributed by atoms with Crippen LogP contribution in [-0.2, 0) is 18.4 Å². The van der Waals surface area contributed by atoms with Gasteiger partial charge >= 0.3 is 0 Å². The smallest absolute Gasteiger partial charge is 0.195 e. The monoisotopic (exact) mass is 279 g/mol. The van der Waals surface area contributed by atoms with Crippen molar-refractivity contribution in [3.63, 3.8) is 0 Å². The zero-order valence-corrected chi connectivity index (χ0v) is 12.5. The summed E-state index contributed by atoms with van der Waals surface area (Å²) < 4.78 is 2.81. The fourth-order valence-corrected chi connectivity index (χ4v) is 4.16. The standard InChI is InChI=1S/C13H17N3S2/c1-13(2,3)16-11(14-15-12(16)17)10-7-8-5-4-6-9(8)18-10/h7H,4-6H2,1-3H3,(H,15,17). The Morgan fingerprint density at radius 2 is 2.17 bits per heavy atom. The molecule has 0 saturated carbocycles. The van der Waals surface area contributed by atoms with Crippen LogP contribution in [-0.4, -0.2) is 14.8 Å². The minimum absolute atomic E-state index is 0.0478. The maximum Gasteiger partial charge on any atom is 0.195 e. The van der Waals surface area contributed by atoms with E-state index in [0.717, 1.165) is 5.82 Å². The Morgan fingerprint density at radius 1 is 1.39 bits per heavy atom. The first-order valence-corrected chi connectivity index (χ1v) is 7.49. The van der Waals surface area contributed by atoms with Crippen molar-refractivity contribution in [2.45, 2.75) is 45.6 Å². The van der Waals surface area contributed by atoms with Gasteiger partial charge in [0.05, 0.1) is 4.88 Å². The molecule has 18 heavy (non-hydrogen) atoms. The zero-order valence-electron chi connectivity index (χ0n) is 10.9. The summed E-state index contributed by atoms with van der Waals surface area (Å²) in [7, 11) is 0. The fraction of sp³-hybridized carbons (Fsp3) is 0.538. The summed E-state index contributed by atoms with van der Waals surface area (Å²) in [5.74, 6) is 0.979. The number of aromatic nitrogens is 3. The van der Waals surface area contributed by atoms with Crippen LogP contribution in [0, 0.1) is 4.77 Å². The number of nitrogens with zero attached hydrogens (tertiary/aromatic N) is 2. The van der Waals surface area contributed by atoms with E-state index in [1.165, 1.54) is 34.6 Å². The third-order valence-electron chi connectivity index (χ3n) is 3.31. The summed E-state index contributed by atoms with van der Waals surface area (Å²) in [6.07, 6.45) is 3.74. The van der Waals surface area contributed by atoms with Crippen LogP contribution in [0.5, 0.6) is 0 Å². The van der Waals surface area contributed by atoms with Gasteiger partial charge in [-0.25, -0.2) is 0 Å². The number of fused-ring (bicyclic) bond motifs is 1. The normalized spacial score (nSPS) is 15.1. The third kappa shape index (κ3) is 1.86. The highest BCUT2D eigenvalue weighted by Gasteiger charge is 2.23. The molecule has 1 N–H and O–H groups in total. The molecule has 0 atom stereocenters. The van der Waals surface area contributed by atoms with E-state index >= 15 is 0 Å². The molecule has 0 bridgehead atoms. The third-order valence-corrected chi connectivity index (χ3v) is 4.82. The maximum atomic E-state index is 5.35. The molecule has 5 heteroatoms. The van der Waals surface area contributed by atoms with Gasteiger partial charge in [0.15, 0.2) is 10.6 Å². The van der Waals surface area contributed by atoms with Crippen molar-refractivity contribution < 1.29 is 0 Å². The van der Waals surface area contributed by atoms with Crippen LogP contribution >= 0.6 is 23.6 Å². The van der Waals surface area contributed by atoms with Crippen LogP contribution in [0.25, 0.3) is 10.7 Å². The Bertz CT molecular complexity index is 618. The number of H-pyrrole nitrogens is 1. The fourth-order valence-electron chi connectivity index (χ4n) is 2.52. The van der Waals surface area contributed by atoms with Gasteiger partial charge in [-0.1, -0.05) is 0 Å². The Kier molecular flexibility index (Phi) is 2.71. The number of aromatic amines is 1. The molecule has 1 aliphatic rings. The highest BCUT2D eigenvalue weighted by Crippen LogP contribution is 2.37. The molecule has 0 aliphatic heterocycles. The SMILES string of the molecule is CC(C)(C)n1c(-c2cc3c(s2)CCC3)n[nH]c1=S. The van der Waals surface area contributed by atoms with E-state index in [-0.39, 0.29) is 5.54 Å². The van der Waals surface area contributed by atoms with Crippen LogP contribution in [0.2, 0.25) is 0 Å². The molecular weight excluding hydrogens is 262 g/mol. The molecule has 1 aliphatic carbocycles. The Balaban J connectivity index is 2.15. The average molecular weight is 279 g/mol. The second-order valence-electron chi connectivity index (χ2n) is 5.77.